The Morgan fingerprint density at radius 3 is 2.72 bits per heavy atom. The molecule has 3 N–H and O–H groups in total. The van der Waals surface area contributed by atoms with E-state index in [0.717, 1.165) is 25.7 Å². The summed E-state index contributed by atoms with van der Waals surface area (Å²) < 4.78 is 39.7. The maximum absolute atomic E-state index is 12.1. The third-order valence-electron chi connectivity index (χ3n) is 4.14. The van der Waals surface area contributed by atoms with Crippen LogP contribution in [0.3, 0.4) is 0 Å². The van der Waals surface area contributed by atoms with Crippen LogP contribution in [0.4, 0.5) is 30.6 Å². The van der Waals surface area contributed by atoms with Gasteiger partial charge in [0.05, 0.1) is 6.20 Å². The van der Waals surface area contributed by atoms with Crippen LogP contribution in [0.15, 0.2) is 28.8 Å². The monoisotopic (exact) mass is 414 g/mol. The highest BCUT2D eigenvalue weighted by Crippen LogP contribution is 2.24. The van der Waals surface area contributed by atoms with Gasteiger partial charge in [-0.2, -0.15) is 18.3 Å². The summed E-state index contributed by atoms with van der Waals surface area (Å²) in [5, 5.41) is 14.2. The lowest BCUT2D eigenvalue weighted by atomic mass is 10.2. The Labute approximate surface area is 166 Å². The lowest BCUT2D eigenvalue weighted by molar-refractivity contribution is -0.173. The maximum Gasteiger partial charge on any atom is 0.471 e. The molecule has 9 nitrogen and oxygen atoms in total. The molecule has 0 aromatic carbocycles. The van der Waals surface area contributed by atoms with Crippen LogP contribution in [0.2, 0.25) is 0 Å². The molecule has 0 unspecified atom stereocenters. The molecule has 160 valence electrons. The quantitative estimate of drug-likeness (QED) is 0.430. The molecule has 0 fully saturated rings. The number of hydrogen-bond donors (Lipinski definition) is 2. The van der Waals surface area contributed by atoms with Crippen molar-refractivity contribution in [2.24, 2.45) is 10.2 Å². The van der Waals surface area contributed by atoms with Gasteiger partial charge in [-0.15, -0.1) is 10.2 Å². The maximum atomic E-state index is 12.1. The molecule has 2 aromatic rings. The minimum atomic E-state index is -4.88. The van der Waals surface area contributed by atoms with E-state index < -0.39 is 12.1 Å². The molecule has 2 heterocycles. The second-order valence-electron chi connectivity index (χ2n) is 6.43. The Balaban J connectivity index is 1.87. The molecule has 2 aromatic heterocycles. The third-order valence-corrected chi connectivity index (χ3v) is 4.14. The number of unbranched alkanes of at least 4 members (excludes halogenated alkanes) is 3. The first kappa shape index (κ1) is 22.4. The summed E-state index contributed by atoms with van der Waals surface area (Å²) in [6.07, 6.45) is 4.44. The van der Waals surface area contributed by atoms with Crippen LogP contribution in [-0.2, 0) is 17.9 Å². The fraction of sp³-hybridized carbons (Fsp3) is 0.588. The second kappa shape index (κ2) is 10.6. The van der Waals surface area contributed by atoms with E-state index in [9.17, 15) is 18.0 Å². The van der Waals surface area contributed by atoms with Gasteiger partial charge in [-0.05, 0) is 12.8 Å². The predicted octanol–water partition coefficient (Wildman–Crippen LogP) is 3.73. The summed E-state index contributed by atoms with van der Waals surface area (Å²) in [5.41, 5.74) is 6.47. The first-order valence-electron chi connectivity index (χ1n) is 9.42. The van der Waals surface area contributed by atoms with Crippen LogP contribution >= 0.6 is 0 Å². The van der Waals surface area contributed by atoms with Crippen molar-refractivity contribution >= 4 is 23.4 Å². The molecule has 0 bridgehead atoms. The number of aryl methyl sites for hydroxylation is 2. The summed E-state index contributed by atoms with van der Waals surface area (Å²) in [6.45, 7) is 3.05. The number of anilines is 1. The van der Waals surface area contributed by atoms with Gasteiger partial charge in [-0.25, -0.2) is 9.67 Å². The molecule has 29 heavy (non-hydrogen) atoms. The zero-order valence-corrected chi connectivity index (χ0v) is 16.2. The van der Waals surface area contributed by atoms with Gasteiger partial charge in [0.25, 0.3) is 0 Å². The number of amides is 1. The number of imidazole rings is 1. The highest BCUT2D eigenvalue weighted by molar-refractivity contribution is 5.81. The summed E-state index contributed by atoms with van der Waals surface area (Å²) in [7, 11) is 0. The highest BCUT2D eigenvalue weighted by atomic mass is 19.4. The fourth-order valence-corrected chi connectivity index (χ4v) is 2.56. The van der Waals surface area contributed by atoms with E-state index in [1.54, 1.807) is 15.4 Å². The molecule has 0 saturated heterocycles. The van der Waals surface area contributed by atoms with Crippen LogP contribution in [0, 0.1) is 0 Å². The number of carbonyl (C=O) groups excluding carboxylic acids is 1. The summed E-state index contributed by atoms with van der Waals surface area (Å²) in [6, 6.07) is 0. The van der Waals surface area contributed by atoms with E-state index in [2.05, 4.69) is 27.2 Å². The van der Waals surface area contributed by atoms with Crippen molar-refractivity contribution in [2.45, 2.75) is 58.3 Å². The number of carbonyl (C=O) groups is 1. The first-order valence-corrected chi connectivity index (χ1v) is 9.42. The van der Waals surface area contributed by atoms with Crippen molar-refractivity contribution in [3.8, 4) is 0 Å². The van der Waals surface area contributed by atoms with E-state index in [0.29, 0.717) is 24.6 Å². The normalized spacial score (nSPS) is 12.0. The number of hydrogen-bond acceptors (Lipinski definition) is 6. The van der Waals surface area contributed by atoms with Crippen LogP contribution in [-0.4, -0.2) is 38.0 Å². The molecule has 0 atom stereocenters. The molecule has 1 amide bonds. The van der Waals surface area contributed by atoms with Gasteiger partial charge in [0.15, 0.2) is 0 Å². The zero-order chi connectivity index (χ0) is 21.3. The largest absolute Gasteiger partial charge is 0.471 e. The van der Waals surface area contributed by atoms with Crippen molar-refractivity contribution in [3.63, 3.8) is 0 Å². The van der Waals surface area contributed by atoms with E-state index in [4.69, 9.17) is 5.73 Å². The van der Waals surface area contributed by atoms with Gasteiger partial charge in [0.2, 0.25) is 5.95 Å². The number of rotatable bonds is 11. The van der Waals surface area contributed by atoms with Gasteiger partial charge >= 0.3 is 12.1 Å². The standard InChI is InChI=1S/C17H25F3N8O/c1-2-3-4-5-10-28-14(21)13(12-24-28)25-26-16-23-8-11-27(16)9-6-7-22-15(29)17(18,19)20/h8,11-12H,2-7,9-10,21H2,1H3,(H,22,29). The number of nitrogens with zero attached hydrogens (tertiary/aromatic N) is 6. The number of nitrogens with two attached hydrogens (primary N) is 1. The predicted molar refractivity (Wildman–Crippen MR) is 101 cm³/mol. The summed E-state index contributed by atoms with van der Waals surface area (Å²) in [4.78, 5) is 14.8. The van der Waals surface area contributed by atoms with Gasteiger partial charge in [0, 0.05) is 32.0 Å². The van der Waals surface area contributed by atoms with Crippen LogP contribution in [0.1, 0.15) is 39.0 Å². The SMILES string of the molecule is CCCCCCn1ncc(N=Nc2nccn2CCCNC(=O)C(F)(F)F)c1N. The van der Waals surface area contributed by atoms with Crippen molar-refractivity contribution < 1.29 is 18.0 Å². The average Bonchev–Trinajstić information content (AvgIpc) is 3.26. The van der Waals surface area contributed by atoms with Crippen LogP contribution < -0.4 is 11.1 Å². The Bertz CT molecular complexity index is 812. The second-order valence-corrected chi connectivity index (χ2v) is 6.43. The molecule has 0 aliphatic carbocycles. The average molecular weight is 414 g/mol. The van der Waals surface area contributed by atoms with E-state index in [1.165, 1.54) is 12.4 Å². The molecule has 0 aliphatic heterocycles. The van der Waals surface area contributed by atoms with Gasteiger partial charge in [-0.1, -0.05) is 26.2 Å². The molecule has 0 spiro atoms. The van der Waals surface area contributed by atoms with E-state index in [-0.39, 0.29) is 18.9 Å². The topological polar surface area (TPSA) is 115 Å². The van der Waals surface area contributed by atoms with Gasteiger partial charge in [-0.3, -0.25) is 4.79 Å². The van der Waals surface area contributed by atoms with Gasteiger partial charge < -0.3 is 15.6 Å². The zero-order valence-electron chi connectivity index (χ0n) is 16.2. The van der Waals surface area contributed by atoms with Crippen molar-refractivity contribution in [1.82, 2.24) is 24.6 Å². The molecule has 0 aliphatic rings. The molecule has 0 saturated carbocycles. The Morgan fingerprint density at radius 1 is 1.21 bits per heavy atom. The number of alkyl halides is 3. The number of nitrogens with one attached hydrogen (secondary N) is 1. The summed E-state index contributed by atoms with van der Waals surface area (Å²) in [5.74, 6) is -1.26. The number of nitrogen functional groups attached to an aromatic ring is 1. The lowest BCUT2D eigenvalue weighted by Gasteiger charge is -2.08. The van der Waals surface area contributed by atoms with Gasteiger partial charge in [0.1, 0.15) is 11.5 Å². The smallest absolute Gasteiger partial charge is 0.382 e. The minimum Gasteiger partial charge on any atom is -0.382 e. The highest BCUT2D eigenvalue weighted by Gasteiger charge is 2.38. The number of azo groups is 1. The number of aromatic nitrogens is 4. The van der Waals surface area contributed by atoms with Crippen molar-refractivity contribution in [2.75, 3.05) is 12.3 Å². The molecule has 0 radical (unpaired) electrons. The van der Waals surface area contributed by atoms with Crippen LogP contribution in [0.25, 0.3) is 0 Å². The van der Waals surface area contributed by atoms with E-state index in [1.807, 2.05) is 5.32 Å². The van der Waals surface area contributed by atoms with Crippen LogP contribution in [0.5, 0.6) is 0 Å². The minimum absolute atomic E-state index is 0.120. The van der Waals surface area contributed by atoms with Crippen molar-refractivity contribution in [1.29, 1.82) is 0 Å². The fourth-order valence-electron chi connectivity index (χ4n) is 2.56. The third kappa shape index (κ3) is 6.88. The number of halogens is 3. The molecular weight excluding hydrogens is 389 g/mol. The molecular formula is C17H25F3N8O. The Hall–Kier alpha value is -2.92. The van der Waals surface area contributed by atoms with Crippen molar-refractivity contribution in [3.05, 3.63) is 18.6 Å². The first-order chi connectivity index (χ1) is 13.8. The molecule has 12 heteroatoms. The Morgan fingerprint density at radius 2 is 2.00 bits per heavy atom. The Kier molecular flexibility index (Phi) is 8.16. The molecule has 2 rings (SSSR count). The van der Waals surface area contributed by atoms with E-state index >= 15 is 0 Å². The lowest BCUT2D eigenvalue weighted by Crippen LogP contribution is -2.37. The summed E-state index contributed by atoms with van der Waals surface area (Å²) >= 11 is 0.